The molecule has 3 aliphatic heterocycles. The van der Waals surface area contributed by atoms with Crippen molar-refractivity contribution in [2.45, 2.75) is 25.1 Å². The van der Waals surface area contributed by atoms with Crippen molar-refractivity contribution in [3.63, 3.8) is 0 Å². The molecule has 0 aromatic heterocycles. The lowest BCUT2D eigenvalue weighted by Crippen LogP contribution is -2.47. The molecular weight excluding hydrogens is 312 g/mol. The quantitative estimate of drug-likeness (QED) is 0.749. The summed E-state index contributed by atoms with van der Waals surface area (Å²) < 4.78 is 48.4. The number of nitrogens with one attached hydrogen (secondary N) is 1. The van der Waals surface area contributed by atoms with Gasteiger partial charge in [0.15, 0.2) is 0 Å². The van der Waals surface area contributed by atoms with Gasteiger partial charge in [-0.1, -0.05) is 0 Å². The number of carbonyl (C=O) groups excluding carboxylic acids is 1. The zero-order valence-electron chi connectivity index (χ0n) is 11.7. The highest BCUT2D eigenvalue weighted by molar-refractivity contribution is 5.73. The van der Waals surface area contributed by atoms with Crippen LogP contribution in [0.15, 0.2) is 0 Å². The molecule has 0 aromatic carbocycles. The minimum Gasteiger partial charge on any atom is -0.475 e. The summed E-state index contributed by atoms with van der Waals surface area (Å²) in [6.07, 6.45) is -3.24. The van der Waals surface area contributed by atoms with Crippen molar-refractivity contribution in [3.05, 3.63) is 0 Å². The van der Waals surface area contributed by atoms with Crippen molar-refractivity contribution in [1.29, 1.82) is 0 Å². The highest BCUT2D eigenvalue weighted by Gasteiger charge is 2.38. The van der Waals surface area contributed by atoms with Crippen molar-refractivity contribution in [1.82, 2.24) is 10.2 Å². The number of nitrogens with zero attached hydrogens (tertiary/aromatic N) is 1. The summed E-state index contributed by atoms with van der Waals surface area (Å²) in [7, 11) is 0. The van der Waals surface area contributed by atoms with Crippen LogP contribution in [0.25, 0.3) is 0 Å². The molecule has 3 rings (SSSR count). The zero-order valence-corrected chi connectivity index (χ0v) is 11.7. The largest absolute Gasteiger partial charge is 0.490 e. The number of halogens is 4. The smallest absolute Gasteiger partial charge is 0.475 e. The van der Waals surface area contributed by atoms with Gasteiger partial charge in [0, 0.05) is 19.1 Å². The number of rotatable bonds is 2. The molecule has 3 saturated heterocycles. The summed E-state index contributed by atoms with van der Waals surface area (Å²) in [5, 5.41) is 10.5. The van der Waals surface area contributed by atoms with Crippen LogP contribution in [-0.2, 0) is 9.53 Å². The van der Waals surface area contributed by atoms with E-state index in [2.05, 4.69) is 5.32 Å². The fourth-order valence-electron chi connectivity index (χ4n) is 2.37. The lowest BCUT2D eigenvalue weighted by molar-refractivity contribution is -0.192. The maximum absolute atomic E-state index is 11.9. The third-order valence-corrected chi connectivity index (χ3v) is 3.40. The molecule has 0 aromatic rings. The van der Waals surface area contributed by atoms with Gasteiger partial charge in [-0.05, 0) is 25.3 Å². The lowest BCUT2D eigenvalue weighted by Gasteiger charge is -2.35. The third-order valence-electron chi connectivity index (χ3n) is 3.40. The van der Waals surface area contributed by atoms with Gasteiger partial charge >= 0.3 is 18.2 Å². The number of hydrogen-bond acceptors (Lipinski definition) is 4. The second kappa shape index (κ2) is 8.16. The van der Waals surface area contributed by atoms with Crippen molar-refractivity contribution < 1.29 is 37.0 Å². The predicted octanol–water partition coefficient (Wildman–Crippen LogP) is 1.41. The van der Waals surface area contributed by atoms with Gasteiger partial charge in [0.1, 0.15) is 13.3 Å². The van der Waals surface area contributed by atoms with E-state index in [1.807, 2.05) is 0 Å². The fraction of sp³-hybridized carbons (Fsp3) is 0.833. The molecule has 2 bridgehead atoms. The number of fused-ring (bicyclic) bond motifs is 4. The standard InChI is InChI=1S/C10H17FN2O2.C2HF3O2/c11-3-4-15-10(14)13-7-8-1-2-9(13)6-12-5-8;3-2(4,5)1(6)7/h8-9,12H,1-7H2;(H,6,7). The molecule has 3 heterocycles. The molecule has 0 aliphatic carbocycles. The second-order valence-corrected chi connectivity index (χ2v) is 5.01. The summed E-state index contributed by atoms with van der Waals surface area (Å²) in [4.78, 5) is 22.3. The van der Waals surface area contributed by atoms with E-state index in [1.165, 1.54) is 6.42 Å². The number of carboxylic acid groups (broad SMARTS) is 1. The van der Waals surface area contributed by atoms with Crippen LogP contribution < -0.4 is 5.32 Å². The highest BCUT2D eigenvalue weighted by Crippen LogP contribution is 2.24. The minimum atomic E-state index is -5.08. The Hall–Kier alpha value is -1.58. The first kappa shape index (κ1) is 18.5. The van der Waals surface area contributed by atoms with Crippen molar-refractivity contribution in [2.75, 3.05) is 32.9 Å². The molecule has 3 aliphatic rings. The molecule has 0 radical (unpaired) electrons. The maximum atomic E-state index is 11.9. The molecule has 2 unspecified atom stereocenters. The minimum absolute atomic E-state index is 0.125. The Kier molecular flexibility index (Phi) is 6.85. The predicted molar refractivity (Wildman–Crippen MR) is 67.1 cm³/mol. The first-order valence-electron chi connectivity index (χ1n) is 6.76. The van der Waals surface area contributed by atoms with Gasteiger partial charge in [0.2, 0.25) is 0 Å². The number of amides is 1. The van der Waals surface area contributed by atoms with E-state index in [9.17, 15) is 22.4 Å². The molecule has 6 nitrogen and oxygen atoms in total. The fourth-order valence-corrected chi connectivity index (χ4v) is 2.37. The van der Waals surface area contributed by atoms with Crippen LogP contribution in [0.1, 0.15) is 12.8 Å². The Morgan fingerprint density at radius 2 is 1.91 bits per heavy atom. The molecule has 22 heavy (non-hydrogen) atoms. The summed E-state index contributed by atoms with van der Waals surface area (Å²) >= 11 is 0. The first-order valence-corrected chi connectivity index (χ1v) is 6.76. The van der Waals surface area contributed by atoms with Gasteiger partial charge in [0.25, 0.3) is 0 Å². The molecule has 3 fully saturated rings. The van der Waals surface area contributed by atoms with Crippen molar-refractivity contribution in [3.8, 4) is 0 Å². The lowest BCUT2D eigenvalue weighted by atomic mass is 9.95. The Bertz CT molecular complexity index is 388. The molecule has 2 N–H and O–H groups in total. The summed E-state index contributed by atoms with van der Waals surface area (Å²) in [5.41, 5.74) is 0. The Labute approximate surface area is 124 Å². The van der Waals surface area contributed by atoms with Gasteiger partial charge in [-0.3, -0.25) is 0 Å². The van der Waals surface area contributed by atoms with Gasteiger partial charge in [-0.25, -0.2) is 14.0 Å². The molecule has 1 amide bonds. The third kappa shape index (κ3) is 5.66. The Morgan fingerprint density at radius 3 is 2.45 bits per heavy atom. The Balaban J connectivity index is 0.000000295. The number of ether oxygens (including phenoxy) is 1. The normalized spacial score (nSPS) is 24.1. The summed E-state index contributed by atoms with van der Waals surface area (Å²) in [6.45, 7) is 1.83. The van der Waals surface area contributed by atoms with Crippen molar-refractivity contribution >= 4 is 12.1 Å². The monoisotopic (exact) mass is 330 g/mol. The number of hydrogen-bond donors (Lipinski definition) is 2. The van der Waals surface area contributed by atoms with E-state index < -0.39 is 18.8 Å². The van der Waals surface area contributed by atoms with Crippen LogP contribution in [-0.4, -0.2) is 67.2 Å². The average Bonchev–Trinajstić information content (AvgIpc) is 2.79. The second-order valence-electron chi connectivity index (χ2n) is 5.01. The highest BCUT2D eigenvalue weighted by atomic mass is 19.4. The van der Waals surface area contributed by atoms with E-state index in [4.69, 9.17) is 14.6 Å². The van der Waals surface area contributed by atoms with Crippen molar-refractivity contribution in [2.24, 2.45) is 5.92 Å². The molecule has 2 atom stereocenters. The number of piperidine rings is 1. The molecule has 128 valence electrons. The topological polar surface area (TPSA) is 78.9 Å². The van der Waals surface area contributed by atoms with E-state index >= 15 is 0 Å². The van der Waals surface area contributed by atoms with E-state index in [0.29, 0.717) is 5.92 Å². The van der Waals surface area contributed by atoms with Gasteiger partial charge in [-0.15, -0.1) is 0 Å². The van der Waals surface area contributed by atoms with E-state index in [0.717, 1.165) is 26.1 Å². The molecule has 0 saturated carbocycles. The zero-order chi connectivity index (χ0) is 16.8. The van der Waals surface area contributed by atoms with Crippen LogP contribution in [0.4, 0.5) is 22.4 Å². The number of carbonyl (C=O) groups is 2. The van der Waals surface area contributed by atoms with E-state index in [-0.39, 0.29) is 18.7 Å². The van der Waals surface area contributed by atoms with Crippen LogP contribution in [0.3, 0.4) is 0 Å². The number of alkyl halides is 4. The van der Waals surface area contributed by atoms with Crippen LogP contribution in [0.2, 0.25) is 0 Å². The molecular formula is C12H18F4N2O4. The van der Waals surface area contributed by atoms with Crippen LogP contribution in [0, 0.1) is 5.92 Å². The SMILES string of the molecule is O=C(O)C(F)(F)F.O=C(OCCF)N1CC2CCC1CNC2. The van der Waals surface area contributed by atoms with Gasteiger partial charge in [0.05, 0.1) is 0 Å². The summed E-state index contributed by atoms with van der Waals surface area (Å²) in [6, 6.07) is 0.232. The van der Waals surface area contributed by atoms with Gasteiger partial charge in [-0.2, -0.15) is 13.2 Å². The summed E-state index contributed by atoms with van der Waals surface area (Å²) in [5.74, 6) is -2.23. The molecule has 10 heteroatoms. The number of aliphatic carboxylic acids is 1. The molecule has 0 spiro atoms. The number of carboxylic acids is 1. The maximum Gasteiger partial charge on any atom is 0.490 e. The van der Waals surface area contributed by atoms with E-state index in [1.54, 1.807) is 4.90 Å². The Morgan fingerprint density at radius 1 is 1.27 bits per heavy atom. The average molecular weight is 330 g/mol. The van der Waals surface area contributed by atoms with Crippen LogP contribution in [0.5, 0.6) is 0 Å². The van der Waals surface area contributed by atoms with Gasteiger partial charge < -0.3 is 20.1 Å². The first-order chi connectivity index (χ1) is 10.3. The van der Waals surface area contributed by atoms with Crippen LogP contribution >= 0.6 is 0 Å².